The number of hydrogen-bond acceptors (Lipinski definition) is 5. The molecule has 5 nitrogen and oxygen atoms in total. The van der Waals surface area contributed by atoms with Crippen molar-refractivity contribution in [2.45, 2.75) is 6.04 Å². The van der Waals surface area contributed by atoms with Crippen molar-refractivity contribution in [2.75, 3.05) is 21.3 Å². The molecule has 0 radical (unpaired) electrons. The van der Waals surface area contributed by atoms with E-state index in [1.165, 1.54) is 26.4 Å². The molecule has 2 rings (SSSR count). The van der Waals surface area contributed by atoms with Gasteiger partial charge >= 0.3 is 5.97 Å². The summed E-state index contributed by atoms with van der Waals surface area (Å²) in [7, 11) is 4.42. The highest BCUT2D eigenvalue weighted by atomic mass is 19.1. The maximum atomic E-state index is 13.5. The standard InChI is InChI=1S/C15H16FNO4/c1-17-14(9-4-5-10(16)13(8-9)19-2)11-6-7-12(21-11)15(18)20-3/h4-8,14,17H,1-3H3. The molecular formula is C15H16FNO4. The third-order valence-corrected chi connectivity index (χ3v) is 3.10. The summed E-state index contributed by atoms with van der Waals surface area (Å²) in [6.07, 6.45) is 0. The Morgan fingerprint density at radius 1 is 1.29 bits per heavy atom. The van der Waals surface area contributed by atoms with Gasteiger partial charge in [0.05, 0.1) is 20.3 Å². The van der Waals surface area contributed by atoms with E-state index in [1.54, 1.807) is 25.2 Å². The normalized spacial score (nSPS) is 12.0. The zero-order chi connectivity index (χ0) is 15.4. The molecular weight excluding hydrogens is 277 g/mol. The molecule has 0 saturated carbocycles. The second-order valence-electron chi connectivity index (χ2n) is 4.31. The number of halogens is 1. The van der Waals surface area contributed by atoms with Crippen LogP contribution in [0.4, 0.5) is 4.39 Å². The smallest absolute Gasteiger partial charge is 0.373 e. The summed E-state index contributed by atoms with van der Waals surface area (Å²) >= 11 is 0. The molecule has 0 saturated heterocycles. The molecule has 0 aliphatic carbocycles. The minimum Gasteiger partial charge on any atom is -0.494 e. The highest BCUT2D eigenvalue weighted by Crippen LogP contribution is 2.28. The number of esters is 1. The first kappa shape index (κ1) is 15.1. The van der Waals surface area contributed by atoms with Crippen molar-refractivity contribution in [1.29, 1.82) is 0 Å². The Morgan fingerprint density at radius 2 is 2.05 bits per heavy atom. The Kier molecular flexibility index (Phi) is 4.59. The summed E-state index contributed by atoms with van der Waals surface area (Å²) in [5, 5.41) is 3.05. The Hall–Kier alpha value is -2.34. The lowest BCUT2D eigenvalue weighted by molar-refractivity contribution is 0.0562. The minimum absolute atomic E-state index is 0.113. The number of ether oxygens (including phenoxy) is 2. The second-order valence-corrected chi connectivity index (χ2v) is 4.31. The van der Waals surface area contributed by atoms with E-state index in [9.17, 15) is 9.18 Å². The van der Waals surface area contributed by atoms with Gasteiger partial charge in [0, 0.05) is 0 Å². The van der Waals surface area contributed by atoms with E-state index in [1.807, 2.05) is 0 Å². The highest BCUT2D eigenvalue weighted by molar-refractivity contribution is 5.86. The van der Waals surface area contributed by atoms with Crippen LogP contribution in [-0.2, 0) is 4.74 Å². The van der Waals surface area contributed by atoms with Crippen LogP contribution in [0.3, 0.4) is 0 Å². The second kappa shape index (κ2) is 6.41. The number of carbonyl (C=O) groups is 1. The number of nitrogens with one attached hydrogen (secondary N) is 1. The van der Waals surface area contributed by atoms with Gasteiger partial charge in [-0.25, -0.2) is 9.18 Å². The van der Waals surface area contributed by atoms with E-state index < -0.39 is 11.8 Å². The summed E-state index contributed by atoms with van der Waals surface area (Å²) in [5.74, 6) is -0.209. The predicted octanol–water partition coefficient (Wildman–Crippen LogP) is 2.52. The number of methoxy groups -OCH3 is 2. The van der Waals surface area contributed by atoms with Gasteiger partial charge < -0.3 is 19.2 Å². The molecule has 0 spiro atoms. The molecule has 0 amide bonds. The molecule has 1 aromatic heterocycles. The Morgan fingerprint density at radius 3 is 2.67 bits per heavy atom. The number of benzene rings is 1. The fourth-order valence-corrected chi connectivity index (χ4v) is 2.05. The minimum atomic E-state index is -0.548. The molecule has 1 heterocycles. The van der Waals surface area contributed by atoms with E-state index in [-0.39, 0.29) is 17.6 Å². The quantitative estimate of drug-likeness (QED) is 0.858. The Balaban J connectivity index is 2.35. The van der Waals surface area contributed by atoms with Crippen molar-refractivity contribution in [1.82, 2.24) is 5.32 Å². The Labute approximate surface area is 121 Å². The van der Waals surface area contributed by atoms with E-state index >= 15 is 0 Å². The van der Waals surface area contributed by atoms with Gasteiger partial charge in [0.2, 0.25) is 5.76 Å². The number of hydrogen-bond donors (Lipinski definition) is 1. The zero-order valence-corrected chi connectivity index (χ0v) is 12.0. The fourth-order valence-electron chi connectivity index (χ4n) is 2.05. The van der Waals surface area contributed by atoms with Gasteiger partial charge in [-0.2, -0.15) is 0 Å². The van der Waals surface area contributed by atoms with E-state index in [2.05, 4.69) is 10.1 Å². The lowest BCUT2D eigenvalue weighted by atomic mass is 10.0. The van der Waals surface area contributed by atoms with Gasteiger partial charge in [0.15, 0.2) is 11.6 Å². The van der Waals surface area contributed by atoms with Crippen LogP contribution < -0.4 is 10.1 Å². The maximum Gasteiger partial charge on any atom is 0.373 e. The van der Waals surface area contributed by atoms with Crippen molar-refractivity contribution >= 4 is 5.97 Å². The van der Waals surface area contributed by atoms with Crippen LogP contribution in [0.25, 0.3) is 0 Å². The van der Waals surface area contributed by atoms with Gasteiger partial charge in [-0.3, -0.25) is 0 Å². The molecule has 0 aliphatic heterocycles. The third-order valence-electron chi connectivity index (χ3n) is 3.10. The number of furan rings is 1. The summed E-state index contributed by atoms with van der Waals surface area (Å²) in [6.45, 7) is 0. The van der Waals surface area contributed by atoms with Crippen LogP contribution in [-0.4, -0.2) is 27.2 Å². The number of rotatable bonds is 5. The van der Waals surface area contributed by atoms with Crippen molar-refractivity contribution in [3.63, 3.8) is 0 Å². The van der Waals surface area contributed by atoms with Gasteiger partial charge in [-0.15, -0.1) is 0 Å². The molecule has 1 atom stereocenters. The molecule has 1 unspecified atom stereocenters. The van der Waals surface area contributed by atoms with Gasteiger partial charge in [-0.1, -0.05) is 6.07 Å². The molecule has 112 valence electrons. The van der Waals surface area contributed by atoms with Crippen LogP contribution in [0.5, 0.6) is 5.75 Å². The van der Waals surface area contributed by atoms with E-state index in [4.69, 9.17) is 9.15 Å². The van der Waals surface area contributed by atoms with Crippen molar-refractivity contribution in [3.8, 4) is 5.75 Å². The molecule has 21 heavy (non-hydrogen) atoms. The SMILES string of the molecule is CNC(c1ccc(F)c(OC)c1)c1ccc(C(=O)OC)o1. The van der Waals surface area contributed by atoms with Crippen molar-refractivity contribution in [3.05, 3.63) is 53.2 Å². The Bertz CT molecular complexity index is 638. The average Bonchev–Trinajstić information content (AvgIpc) is 2.98. The summed E-state index contributed by atoms with van der Waals surface area (Å²) in [5.41, 5.74) is 0.751. The van der Waals surface area contributed by atoms with Crippen LogP contribution >= 0.6 is 0 Å². The van der Waals surface area contributed by atoms with E-state index in [0.29, 0.717) is 5.76 Å². The topological polar surface area (TPSA) is 60.7 Å². The van der Waals surface area contributed by atoms with Gasteiger partial charge in [0.1, 0.15) is 5.76 Å². The monoisotopic (exact) mass is 293 g/mol. The van der Waals surface area contributed by atoms with E-state index in [0.717, 1.165) is 5.56 Å². The first-order valence-electron chi connectivity index (χ1n) is 6.29. The van der Waals surface area contributed by atoms with Crippen LogP contribution in [0.15, 0.2) is 34.7 Å². The van der Waals surface area contributed by atoms with Gasteiger partial charge in [0.25, 0.3) is 0 Å². The fraction of sp³-hybridized carbons (Fsp3) is 0.267. The summed E-state index contributed by atoms with van der Waals surface area (Å²) in [4.78, 5) is 11.4. The molecule has 0 bridgehead atoms. The highest BCUT2D eigenvalue weighted by Gasteiger charge is 2.20. The first-order valence-corrected chi connectivity index (χ1v) is 6.29. The molecule has 6 heteroatoms. The predicted molar refractivity (Wildman–Crippen MR) is 73.9 cm³/mol. The lowest BCUT2D eigenvalue weighted by Crippen LogP contribution is -2.17. The zero-order valence-electron chi connectivity index (χ0n) is 12.0. The van der Waals surface area contributed by atoms with Crippen LogP contribution in [0.2, 0.25) is 0 Å². The molecule has 2 aromatic rings. The summed E-state index contributed by atoms with van der Waals surface area (Å²) in [6, 6.07) is 7.40. The van der Waals surface area contributed by atoms with Crippen LogP contribution in [0.1, 0.15) is 27.9 Å². The molecule has 1 N–H and O–H groups in total. The third kappa shape index (κ3) is 3.05. The lowest BCUT2D eigenvalue weighted by Gasteiger charge is -2.15. The largest absolute Gasteiger partial charge is 0.494 e. The van der Waals surface area contributed by atoms with Crippen LogP contribution in [0, 0.1) is 5.82 Å². The maximum absolute atomic E-state index is 13.5. The summed E-state index contributed by atoms with van der Waals surface area (Å²) < 4.78 is 28.5. The first-order chi connectivity index (χ1) is 10.1. The van der Waals surface area contributed by atoms with Gasteiger partial charge in [-0.05, 0) is 36.9 Å². The molecule has 1 aromatic carbocycles. The van der Waals surface area contributed by atoms with Crippen molar-refractivity contribution in [2.24, 2.45) is 0 Å². The molecule has 0 fully saturated rings. The van der Waals surface area contributed by atoms with Crippen molar-refractivity contribution < 1.29 is 23.1 Å². The average molecular weight is 293 g/mol. The number of carbonyl (C=O) groups excluding carboxylic acids is 1. The molecule has 0 aliphatic rings.